The van der Waals surface area contributed by atoms with E-state index in [2.05, 4.69) is 15.6 Å². The molecule has 0 fully saturated rings. The number of aliphatic hydroxyl groups is 1. The summed E-state index contributed by atoms with van der Waals surface area (Å²) in [4.78, 5) is 30.1. The zero-order chi connectivity index (χ0) is 22.1. The normalized spacial score (nSPS) is 16.0. The van der Waals surface area contributed by atoms with Crippen molar-refractivity contribution < 1.29 is 19.1 Å². The molecule has 1 aromatic carbocycles. The van der Waals surface area contributed by atoms with E-state index in [0.717, 1.165) is 16.7 Å². The number of β-amino-alcohol motifs (C(OH)–C–C–N with tert-alkyl or cyclic N) is 1. The van der Waals surface area contributed by atoms with Gasteiger partial charge in [-0.05, 0) is 30.7 Å². The SMILES string of the molecule is Cc1oc2c(N)cccc2c1CN(C)C(=O)C=Cc1cnc2c(c1)NCC(O)C(=O)N2. The second kappa shape index (κ2) is 8.11. The quantitative estimate of drug-likeness (QED) is 0.374. The molecule has 1 aliphatic heterocycles. The zero-order valence-electron chi connectivity index (χ0n) is 17.2. The average molecular weight is 421 g/mol. The fourth-order valence-electron chi connectivity index (χ4n) is 3.42. The summed E-state index contributed by atoms with van der Waals surface area (Å²) in [5.41, 5.74) is 9.34. The Bertz CT molecular complexity index is 1200. The van der Waals surface area contributed by atoms with E-state index in [4.69, 9.17) is 10.2 Å². The van der Waals surface area contributed by atoms with Gasteiger partial charge in [0.25, 0.3) is 5.91 Å². The highest BCUT2D eigenvalue weighted by molar-refractivity contribution is 5.98. The van der Waals surface area contributed by atoms with Gasteiger partial charge < -0.3 is 30.8 Å². The van der Waals surface area contributed by atoms with Gasteiger partial charge in [-0.1, -0.05) is 12.1 Å². The number of likely N-dealkylation sites (N-methyl/N-ethyl adjacent to an activating group) is 1. The molecule has 4 rings (SSSR count). The number of benzene rings is 1. The number of anilines is 3. The van der Waals surface area contributed by atoms with Crippen LogP contribution in [-0.4, -0.2) is 46.5 Å². The maximum atomic E-state index is 12.6. The number of hydrogen-bond acceptors (Lipinski definition) is 7. The summed E-state index contributed by atoms with van der Waals surface area (Å²) in [6.45, 7) is 2.31. The van der Waals surface area contributed by atoms with Crippen LogP contribution >= 0.6 is 0 Å². The van der Waals surface area contributed by atoms with Gasteiger partial charge in [0.1, 0.15) is 11.9 Å². The molecule has 1 atom stereocenters. The summed E-state index contributed by atoms with van der Waals surface area (Å²) in [5.74, 6) is 0.359. The van der Waals surface area contributed by atoms with Crippen molar-refractivity contribution in [3.8, 4) is 0 Å². The first kappa shape index (κ1) is 20.4. The van der Waals surface area contributed by atoms with Crippen LogP contribution in [0, 0.1) is 6.92 Å². The van der Waals surface area contributed by atoms with E-state index in [9.17, 15) is 14.7 Å². The number of aryl methyl sites for hydroxylation is 1. The Kier molecular flexibility index (Phi) is 5.35. The van der Waals surface area contributed by atoms with Crippen LogP contribution in [0.2, 0.25) is 0 Å². The minimum absolute atomic E-state index is 0.0812. The molecule has 3 heterocycles. The van der Waals surface area contributed by atoms with Crippen molar-refractivity contribution in [1.29, 1.82) is 0 Å². The van der Waals surface area contributed by atoms with Crippen molar-refractivity contribution >= 4 is 46.1 Å². The van der Waals surface area contributed by atoms with Gasteiger partial charge in [0.05, 0.1) is 11.4 Å². The number of carbonyl (C=O) groups excluding carboxylic acids is 2. The monoisotopic (exact) mass is 421 g/mol. The molecule has 3 aromatic rings. The van der Waals surface area contributed by atoms with Crippen LogP contribution in [0.25, 0.3) is 17.0 Å². The van der Waals surface area contributed by atoms with Crippen molar-refractivity contribution in [1.82, 2.24) is 9.88 Å². The minimum atomic E-state index is -1.15. The Labute approximate surface area is 178 Å². The predicted octanol–water partition coefficient (Wildman–Crippen LogP) is 2.12. The Morgan fingerprint density at radius 3 is 3.06 bits per heavy atom. The van der Waals surface area contributed by atoms with Crippen LogP contribution in [0.15, 0.2) is 41.0 Å². The van der Waals surface area contributed by atoms with E-state index in [-0.39, 0.29) is 12.5 Å². The summed E-state index contributed by atoms with van der Waals surface area (Å²) in [7, 11) is 1.71. The van der Waals surface area contributed by atoms with Crippen molar-refractivity contribution in [3.63, 3.8) is 0 Å². The molecule has 5 N–H and O–H groups in total. The van der Waals surface area contributed by atoms with E-state index in [1.165, 1.54) is 6.08 Å². The fourth-order valence-corrected chi connectivity index (χ4v) is 3.42. The predicted molar refractivity (Wildman–Crippen MR) is 118 cm³/mol. The van der Waals surface area contributed by atoms with Gasteiger partial charge in [0.2, 0.25) is 5.91 Å². The summed E-state index contributed by atoms with van der Waals surface area (Å²) < 4.78 is 5.77. The first-order valence-electron chi connectivity index (χ1n) is 9.76. The zero-order valence-corrected chi connectivity index (χ0v) is 17.2. The second-order valence-electron chi connectivity index (χ2n) is 7.44. The Balaban J connectivity index is 1.48. The fraction of sp³-hybridized carbons (Fsp3) is 0.227. The van der Waals surface area contributed by atoms with Crippen LogP contribution in [0.5, 0.6) is 0 Å². The summed E-state index contributed by atoms with van der Waals surface area (Å²) in [6, 6.07) is 7.32. The molecule has 9 heteroatoms. The number of nitrogens with zero attached hydrogens (tertiary/aromatic N) is 2. The van der Waals surface area contributed by atoms with Gasteiger partial charge in [-0.15, -0.1) is 0 Å². The van der Waals surface area contributed by atoms with E-state index < -0.39 is 12.0 Å². The van der Waals surface area contributed by atoms with Crippen molar-refractivity contribution in [2.75, 3.05) is 30.0 Å². The lowest BCUT2D eigenvalue weighted by atomic mass is 10.1. The molecule has 0 bridgehead atoms. The number of aliphatic hydroxyl groups excluding tert-OH is 1. The highest BCUT2D eigenvalue weighted by Gasteiger charge is 2.21. The molecule has 160 valence electrons. The van der Waals surface area contributed by atoms with Crippen molar-refractivity contribution in [3.05, 3.63) is 53.4 Å². The molecular weight excluding hydrogens is 398 g/mol. The molecule has 1 aliphatic rings. The largest absolute Gasteiger partial charge is 0.459 e. The Morgan fingerprint density at radius 2 is 2.26 bits per heavy atom. The maximum Gasteiger partial charge on any atom is 0.256 e. The van der Waals surface area contributed by atoms with Gasteiger partial charge in [0.15, 0.2) is 11.4 Å². The number of nitrogen functional groups attached to an aromatic ring is 1. The standard InChI is InChI=1S/C22H23N5O4/c1-12-15(14-4-3-5-16(23)20(14)31-12)11-27(2)19(29)7-6-13-8-17-21(25-9-13)26-22(30)18(28)10-24-17/h3-9,18,24,28H,10-11,23H2,1-2H3,(H,25,26,30). The number of hydrogen-bond donors (Lipinski definition) is 4. The molecule has 9 nitrogen and oxygen atoms in total. The molecule has 0 saturated carbocycles. The minimum Gasteiger partial charge on any atom is -0.459 e. The molecule has 0 aliphatic carbocycles. The number of amides is 2. The third-order valence-electron chi connectivity index (χ3n) is 5.18. The number of furan rings is 1. The Hall–Kier alpha value is -3.85. The van der Waals surface area contributed by atoms with Crippen LogP contribution in [0.3, 0.4) is 0 Å². The molecule has 1 unspecified atom stereocenters. The third kappa shape index (κ3) is 4.08. The summed E-state index contributed by atoms with van der Waals surface area (Å²) in [5, 5.41) is 16.1. The summed E-state index contributed by atoms with van der Waals surface area (Å²) >= 11 is 0. The smallest absolute Gasteiger partial charge is 0.256 e. The molecule has 2 aromatic heterocycles. The Morgan fingerprint density at radius 1 is 1.45 bits per heavy atom. The van der Waals surface area contributed by atoms with Gasteiger partial charge >= 0.3 is 0 Å². The third-order valence-corrected chi connectivity index (χ3v) is 5.18. The van der Waals surface area contributed by atoms with E-state index in [1.54, 1.807) is 36.4 Å². The van der Waals surface area contributed by atoms with Crippen LogP contribution in [-0.2, 0) is 16.1 Å². The lowest BCUT2D eigenvalue weighted by Crippen LogP contribution is -2.30. The number of nitrogens with one attached hydrogen (secondary N) is 2. The van der Waals surface area contributed by atoms with Gasteiger partial charge in [-0.25, -0.2) is 4.98 Å². The maximum absolute atomic E-state index is 12.6. The molecule has 0 radical (unpaired) electrons. The van der Waals surface area contributed by atoms with Crippen LogP contribution < -0.4 is 16.4 Å². The lowest BCUT2D eigenvalue weighted by molar-refractivity contribution is -0.125. The van der Waals surface area contributed by atoms with Gasteiger partial charge in [-0.3, -0.25) is 9.59 Å². The van der Waals surface area contributed by atoms with Crippen LogP contribution in [0.4, 0.5) is 17.2 Å². The second-order valence-corrected chi connectivity index (χ2v) is 7.44. The van der Waals surface area contributed by atoms with Crippen molar-refractivity contribution in [2.24, 2.45) is 0 Å². The van der Waals surface area contributed by atoms with Gasteiger partial charge in [0, 0.05) is 43.4 Å². The first-order valence-corrected chi connectivity index (χ1v) is 9.76. The first-order chi connectivity index (χ1) is 14.8. The molecule has 31 heavy (non-hydrogen) atoms. The van der Waals surface area contributed by atoms with Gasteiger partial charge in [-0.2, -0.15) is 0 Å². The van der Waals surface area contributed by atoms with E-state index in [1.807, 2.05) is 19.1 Å². The average Bonchev–Trinajstić information content (AvgIpc) is 2.99. The topological polar surface area (TPSA) is 134 Å². The van der Waals surface area contributed by atoms with Crippen molar-refractivity contribution in [2.45, 2.75) is 19.6 Å². The van der Waals surface area contributed by atoms with E-state index >= 15 is 0 Å². The number of carbonyl (C=O) groups is 2. The molecule has 0 saturated heterocycles. The number of aromatic nitrogens is 1. The highest BCUT2D eigenvalue weighted by atomic mass is 16.3. The number of nitrogens with two attached hydrogens (primary N) is 1. The van der Waals surface area contributed by atoms with Crippen LogP contribution in [0.1, 0.15) is 16.9 Å². The lowest BCUT2D eigenvalue weighted by Gasteiger charge is -2.15. The number of pyridine rings is 1. The molecule has 2 amide bonds. The number of rotatable bonds is 4. The molecular formula is C22H23N5O4. The number of para-hydroxylation sites is 1. The molecule has 0 spiro atoms. The van der Waals surface area contributed by atoms with E-state index in [0.29, 0.717) is 34.9 Å². The highest BCUT2D eigenvalue weighted by Crippen LogP contribution is 2.30. The summed E-state index contributed by atoms with van der Waals surface area (Å²) in [6.07, 6.45) is 3.49. The number of fused-ring (bicyclic) bond motifs is 2.